The number of nitro groups is 1. The third-order valence-electron chi connectivity index (χ3n) is 3.56. The minimum atomic E-state index is -0.491. The van der Waals surface area contributed by atoms with E-state index in [1.54, 1.807) is 17.0 Å². The summed E-state index contributed by atoms with van der Waals surface area (Å²) >= 11 is 0. The van der Waals surface area contributed by atoms with E-state index in [-0.39, 0.29) is 17.7 Å². The van der Waals surface area contributed by atoms with Crippen molar-refractivity contribution in [2.24, 2.45) is 0 Å². The fourth-order valence-corrected chi connectivity index (χ4v) is 2.41. The number of hydrogen-bond donors (Lipinski definition) is 2. The Hall–Kier alpha value is -2.15. The topological polar surface area (TPSA) is 95.7 Å². The molecule has 1 fully saturated rings. The molecule has 0 saturated carbocycles. The zero-order valence-corrected chi connectivity index (χ0v) is 11.9. The molecule has 114 valence electrons. The Kier molecular flexibility index (Phi) is 4.74. The summed E-state index contributed by atoms with van der Waals surface area (Å²) < 4.78 is 0. The lowest BCUT2D eigenvalue weighted by Gasteiger charge is -2.29. The number of nitrogens with one attached hydrogen (secondary N) is 1. The normalized spacial score (nSPS) is 15.8. The van der Waals surface area contributed by atoms with Crippen LogP contribution in [0.1, 0.15) is 30.1 Å². The van der Waals surface area contributed by atoms with Crippen LogP contribution in [0.3, 0.4) is 0 Å². The molecule has 1 aliphatic heterocycles. The zero-order chi connectivity index (χ0) is 15.4. The number of benzene rings is 1. The molecule has 0 radical (unpaired) electrons. The number of nitrogens with zero attached hydrogens (tertiary/aromatic N) is 2. The molecule has 0 aliphatic carbocycles. The van der Waals surface area contributed by atoms with Crippen molar-refractivity contribution in [2.75, 3.05) is 25.0 Å². The van der Waals surface area contributed by atoms with E-state index in [1.807, 2.05) is 6.92 Å². The first-order valence-corrected chi connectivity index (χ1v) is 7.02. The maximum atomic E-state index is 12.4. The van der Waals surface area contributed by atoms with Crippen molar-refractivity contribution in [2.45, 2.75) is 25.9 Å². The molecule has 0 bridgehead atoms. The Morgan fingerprint density at radius 2 is 2.14 bits per heavy atom. The van der Waals surface area contributed by atoms with Gasteiger partial charge in [0.15, 0.2) is 0 Å². The molecular weight excluding hydrogens is 274 g/mol. The first-order chi connectivity index (χ1) is 10.0. The first kappa shape index (κ1) is 15.2. The zero-order valence-electron chi connectivity index (χ0n) is 11.9. The highest BCUT2D eigenvalue weighted by Gasteiger charge is 2.24. The number of aliphatic hydroxyl groups excluding tert-OH is 1. The average molecular weight is 293 g/mol. The number of rotatable bonds is 4. The van der Waals surface area contributed by atoms with Crippen LogP contribution in [0.5, 0.6) is 0 Å². The van der Waals surface area contributed by atoms with Crippen LogP contribution in [0.25, 0.3) is 0 Å². The fourth-order valence-electron chi connectivity index (χ4n) is 2.41. The third-order valence-corrected chi connectivity index (χ3v) is 3.56. The van der Waals surface area contributed by atoms with Gasteiger partial charge in [0, 0.05) is 31.3 Å². The molecule has 0 atom stereocenters. The Morgan fingerprint density at radius 1 is 1.48 bits per heavy atom. The lowest BCUT2D eigenvalue weighted by molar-refractivity contribution is -0.384. The highest BCUT2D eigenvalue weighted by molar-refractivity contribution is 5.95. The molecule has 1 aromatic rings. The molecule has 1 heterocycles. The third kappa shape index (κ3) is 3.49. The summed E-state index contributed by atoms with van der Waals surface area (Å²) in [6.45, 7) is 3.37. The number of piperidine rings is 1. The summed E-state index contributed by atoms with van der Waals surface area (Å²) in [5.74, 6) is -0.229. The van der Waals surface area contributed by atoms with Gasteiger partial charge < -0.3 is 15.3 Å². The van der Waals surface area contributed by atoms with E-state index in [2.05, 4.69) is 5.32 Å². The van der Waals surface area contributed by atoms with E-state index in [1.165, 1.54) is 6.07 Å². The van der Waals surface area contributed by atoms with Crippen LogP contribution >= 0.6 is 0 Å². The number of carbonyl (C=O) groups excluding carboxylic acids is 1. The largest absolute Gasteiger partial charge is 0.393 e. The van der Waals surface area contributed by atoms with Crippen molar-refractivity contribution in [1.29, 1.82) is 0 Å². The minimum absolute atomic E-state index is 0.0975. The molecule has 7 nitrogen and oxygen atoms in total. The molecule has 1 saturated heterocycles. The van der Waals surface area contributed by atoms with Crippen LogP contribution < -0.4 is 5.32 Å². The van der Waals surface area contributed by atoms with Gasteiger partial charge in [-0.25, -0.2) is 0 Å². The number of hydrogen-bond acceptors (Lipinski definition) is 5. The second kappa shape index (κ2) is 6.53. The molecule has 2 N–H and O–H groups in total. The Bertz CT molecular complexity index is 539. The lowest BCUT2D eigenvalue weighted by Crippen LogP contribution is -2.40. The van der Waals surface area contributed by atoms with Crippen molar-refractivity contribution in [3.05, 3.63) is 33.9 Å². The first-order valence-electron chi connectivity index (χ1n) is 7.02. The van der Waals surface area contributed by atoms with E-state index in [0.717, 1.165) is 0 Å². The summed E-state index contributed by atoms with van der Waals surface area (Å²) in [6.07, 6.45) is 0.728. The van der Waals surface area contributed by atoms with Gasteiger partial charge >= 0.3 is 0 Å². The monoisotopic (exact) mass is 293 g/mol. The molecule has 0 spiro atoms. The van der Waals surface area contributed by atoms with Gasteiger partial charge in [-0.3, -0.25) is 14.9 Å². The number of carbonyl (C=O) groups is 1. The SMILES string of the molecule is CCNc1ccc(C(=O)N2CCC(O)CC2)cc1[N+](=O)[O-]. The standard InChI is InChI=1S/C14H19N3O4/c1-2-15-12-4-3-10(9-13(12)17(20)21)14(19)16-7-5-11(18)6-8-16/h3-4,9,11,15,18H,2,5-8H2,1H3. The maximum Gasteiger partial charge on any atom is 0.293 e. The van der Waals surface area contributed by atoms with Crippen molar-refractivity contribution < 1.29 is 14.8 Å². The highest BCUT2D eigenvalue weighted by Crippen LogP contribution is 2.26. The number of nitro benzene ring substituents is 1. The lowest BCUT2D eigenvalue weighted by atomic mass is 10.1. The number of amides is 1. The average Bonchev–Trinajstić information content (AvgIpc) is 2.48. The predicted octanol–water partition coefficient (Wildman–Crippen LogP) is 1.62. The van der Waals surface area contributed by atoms with Crippen molar-refractivity contribution in [1.82, 2.24) is 4.90 Å². The van der Waals surface area contributed by atoms with Crippen LogP contribution in [0.2, 0.25) is 0 Å². The van der Waals surface area contributed by atoms with E-state index >= 15 is 0 Å². The summed E-state index contributed by atoms with van der Waals surface area (Å²) in [6, 6.07) is 4.47. The molecule has 7 heteroatoms. The van der Waals surface area contributed by atoms with Gasteiger partial charge in [0.2, 0.25) is 0 Å². The van der Waals surface area contributed by atoms with E-state index in [9.17, 15) is 20.0 Å². The van der Waals surface area contributed by atoms with Gasteiger partial charge in [0.05, 0.1) is 11.0 Å². The van der Waals surface area contributed by atoms with Crippen molar-refractivity contribution in [3.63, 3.8) is 0 Å². The summed E-state index contributed by atoms with van der Waals surface area (Å²) in [5, 5.41) is 23.5. The van der Waals surface area contributed by atoms with Gasteiger partial charge in [-0.2, -0.15) is 0 Å². The molecule has 1 aromatic carbocycles. The Morgan fingerprint density at radius 3 is 2.71 bits per heavy atom. The fraction of sp³-hybridized carbons (Fsp3) is 0.500. The quantitative estimate of drug-likeness (QED) is 0.649. The molecule has 1 amide bonds. The summed E-state index contributed by atoms with van der Waals surface area (Å²) in [5.41, 5.74) is 0.618. The molecule has 0 aromatic heterocycles. The maximum absolute atomic E-state index is 12.4. The summed E-state index contributed by atoms with van der Waals surface area (Å²) in [4.78, 5) is 24.6. The number of aliphatic hydroxyl groups is 1. The van der Waals surface area contributed by atoms with E-state index < -0.39 is 4.92 Å². The molecule has 21 heavy (non-hydrogen) atoms. The molecule has 2 rings (SSSR count). The predicted molar refractivity (Wildman–Crippen MR) is 78.4 cm³/mol. The second-order valence-corrected chi connectivity index (χ2v) is 5.04. The number of anilines is 1. The van der Waals surface area contributed by atoms with E-state index in [4.69, 9.17) is 0 Å². The number of likely N-dealkylation sites (tertiary alicyclic amines) is 1. The Balaban J connectivity index is 2.21. The van der Waals surface area contributed by atoms with Gasteiger partial charge in [0.1, 0.15) is 5.69 Å². The van der Waals surface area contributed by atoms with Crippen molar-refractivity contribution in [3.8, 4) is 0 Å². The second-order valence-electron chi connectivity index (χ2n) is 5.04. The van der Waals surface area contributed by atoms with Crippen LogP contribution in [-0.4, -0.2) is 46.6 Å². The summed E-state index contributed by atoms with van der Waals surface area (Å²) in [7, 11) is 0. The smallest absolute Gasteiger partial charge is 0.293 e. The van der Waals surface area contributed by atoms with Gasteiger partial charge in [-0.15, -0.1) is 0 Å². The van der Waals surface area contributed by atoms with Gasteiger partial charge in [-0.05, 0) is 31.9 Å². The minimum Gasteiger partial charge on any atom is -0.393 e. The molecule has 0 unspecified atom stereocenters. The molecule has 1 aliphatic rings. The Labute approximate surface area is 122 Å². The van der Waals surface area contributed by atoms with Crippen LogP contribution in [0.15, 0.2) is 18.2 Å². The van der Waals surface area contributed by atoms with E-state index in [0.29, 0.717) is 43.7 Å². The van der Waals surface area contributed by atoms with Crippen LogP contribution in [0.4, 0.5) is 11.4 Å². The van der Waals surface area contributed by atoms with Gasteiger partial charge in [-0.1, -0.05) is 0 Å². The van der Waals surface area contributed by atoms with Crippen LogP contribution in [-0.2, 0) is 0 Å². The van der Waals surface area contributed by atoms with Gasteiger partial charge in [0.25, 0.3) is 11.6 Å². The van der Waals surface area contributed by atoms with Crippen LogP contribution in [0, 0.1) is 10.1 Å². The highest BCUT2D eigenvalue weighted by atomic mass is 16.6. The van der Waals surface area contributed by atoms with Crippen molar-refractivity contribution >= 4 is 17.3 Å². The molecular formula is C14H19N3O4.